The minimum absolute atomic E-state index is 0.00392. The normalized spacial score (nSPS) is 13.4. The van der Waals surface area contributed by atoms with Gasteiger partial charge in [-0.2, -0.15) is 4.31 Å². The van der Waals surface area contributed by atoms with E-state index in [2.05, 4.69) is 19.2 Å². The largest absolute Gasteiger partial charge is 0.384 e. The third-order valence-electron chi connectivity index (χ3n) is 3.44. The van der Waals surface area contributed by atoms with E-state index in [-0.39, 0.29) is 6.04 Å². The minimum atomic E-state index is -3.45. The molecule has 1 unspecified atom stereocenters. The van der Waals surface area contributed by atoms with Crippen LogP contribution in [-0.2, 0) is 10.0 Å². The molecule has 0 fully saturated rings. The number of benzene rings is 1. The van der Waals surface area contributed by atoms with Crippen LogP contribution in [-0.4, -0.2) is 32.4 Å². The van der Waals surface area contributed by atoms with Gasteiger partial charge in [0, 0.05) is 19.6 Å². The average Bonchev–Trinajstić information content (AvgIpc) is 2.44. The molecule has 0 aliphatic heterocycles. The van der Waals surface area contributed by atoms with Crippen molar-refractivity contribution in [3.8, 4) is 0 Å². The van der Waals surface area contributed by atoms with Gasteiger partial charge in [0.1, 0.15) is 4.90 Å². The maximum absolute atomic E-state index is 12.7. The fourth-order valence-electron chi connectivity index (χ4n) is 2.09. The van der Waals surface area contributed by atoms with Gasteiger partial charge in [-0.25, -0.2) is 8.42 Å². The van der Waals surface area contributed by atoms with Gasteiger partial charge in [0.25, 0.3) is 0 Å². The summed E-state index contributed by atoms with van der Waals surface area (Å²) in [6, 6.07) is 7.11. The van der Waals surface area contributed by atoms with Crippen molar-refractivity contribution >= 4 is 15.7 Å². The molecule has 1 N–H and O–H groups in total. The van der Waals surface area contributed by atoms with Crippen molar-refractivity contribution in [3.05, 3.63) is 24.3 Å². The Bertz CT molecular complexity index is 514. The molecule has 0 amide bonds. The highest BCUT2D eigenvalue weighted by molar-refractivity contribution is 7.89. The molecule has 0 aromatic heterocycles. The van der Waals surface area contributed by atoms with E-state index in [9.17, 15) is 8.42 Å². The number of anilines is 1. The summed E-state index contributed by atoms with van der Waals surface area (Å²) in [6.45, 7) is 6.83. The Morgan fingerprint density at radius 2 is 1.85 bits per heavy atom. The second-order valence-corrected chi connectivity index (χ2v) is 7.05. The number of rotatable bonds is 8. The molecule has 0 heterocycles. The Morgan fingerprint density at radius 1 is 1.20 bits per heavy atom. The summed E-state index contributed by atoms with van der Waals surface area (Å²) >= 11 is 0. The molecule has 1 atom stereocenters. The molecule has 0 bridgehead atoms. The SMILES string of the molecule is CCCNc1ccccc1S(=O)(=O)N(C)C(C)CCC. The highest BCUT2D eigenvalue weighted by Gasteiger charge is 2.26. The van der Waals surface area contributed by atoms with Crippen molar-refractivity contribution in [2.45, 2.75) is 51.0 Å². The fraction of sp³-hybridized carbons (Fsp3) is 0.600. The highest BCUT2D eigenvalue weighted by atomic mass is 32.2. The Morgan fingerprint density at radius 3 is 2.45 bits per heavy atom. The van der Waals surface area contributed by atoms with E-state index in [1.54, 1.807) is 19.2 Å². The molecule has 0 aliphatic rings. The first kappa shape index (κ1) is 17.0. The van der Waals surface area contributed by atoms with E-state index < -0.39 is 10.0 Å². The lowest BCUT2D eigenvalue weighted by Crippen LogP contribution is -2.35. The quantitative estimate of drug-likeness (QED) is 0.801. The molecule has 5 heteroatoms. The first-order valence-electron chi connectivity index (χ1n) is 7.26. The predicted octanol–water partition coefficient (Wildman–Crippen LogP) is 3.32. The van der Waals surface area contributed by atoms with Crippen molar-refractivity contribution in [2.24, 2.45) is 0 Å². The third kappa shape index (κ3) is 3.96. The number of hydrogen-bond acceptors (Lipinski definition) is 3. The number of hydrogen-bond donors (Lipinski definition) is 1. The smallest absolute Gasteiger partial charge is 0.245 e. The molecule has 0 saturated carbocycles. The average molecular weight is 298 g/mol. The predicted molar refractivity (Wildman–Crippen MR) is 84.5 cm³/mol. The van der Waals surface area contributed by atoms with Crippen molar-refractivity contribution in [1.82, 2.24) is 4.31 Å². The van der Waals surface area contributed by atoms with Crippen LogP contribution in [0, 0.1) is 0 Å². The number of nitrogens with one attached hydrogen (secondary N) is 1. The Balaban J connectivity index is 3.08. The van der Waals surface area contributed by atoms with Crippen LogP contribution >= 0.6 is 0 Å². The molecule has 0 saturated heterocycles. The standard InChI is InChI=1S/C15H26N2O2S/c1-5-9-13(3)17(4)20(18,19)15-11-8-7-10-14(15)16-12-6-2/h7-8,10-11,13,16H,5-6,9,12H2,1-4H3. The number of sulfonamides is 1. The maximum Gasteiger partial charge on any atom is 0.245 e. The first-order valence-corrected chi connectivity index (χ1v) is 8.70. The zero-order chi connectivity index (χ0) is 15.2. The molecule has 4 nitrogen and oxygen atoms in total. The maximum atomic E-state index is 12.7. The summed E-state index contributed by atoms with van der Waals surface area (Å²) in [5.41, 5.74) is 0.685. The van der Waals surface area contributed by atoms with Crippen LogP contribution in [0.25, 0.3) is 0 Å². The lowest BCUT2D eigenvalue weighted by atomic mass is 10.2. The Hall–Kier alpha value is -1.07. The van der Waals surface area contributed by atoms with Gasteiger partial charge in [0.05, 0.1) is 5.69 Å². The van der Waals surface area contributed by atoms with Gasteiger partial charge in [0.15, 0.2) is 0 Å². The van der Waals surface area contributed by atoms with Crippen LogP contribution in [0.2, 0.25) is 0 Å². The number of para-hydroxylation sites is 1. The van der Waals surface area contributed by atoms with Crippen molar-refractivity contribution in [1.29, 1.82) is 0 Å². The number of nitrogens with zero attached hydrogens (tertiary/aromatic N) is 1. The second-order valence-electron chi connectivity index (χ2n) is 5.08. The Labute approximate surface area is 123 Å². The fourth-order valence-corrected chi connectivity index (χ4v) is 3.65. The van der Waals surface area contributed by atoms with E-state index in [0.717, 1.165) is 25.8 Å². The van der Waals surface area contributed by atoms with Gasteiger partial charge in [-0.1, -0.05) is 32.4 Å². The van der Waals surface area contributed by atoms with Gasteiger partial charge >= 0.3 is 0 Å². The molecule has 0 radical (unpaired) electrons. The summed E-state index contributed by atoms with van der Waals surface area (Å²) in [7, 11) is -1.79. The zero-order valence-corrected chi connectivity index (χ0v) is 13.7. The molecule has 1 aromatic rings. The van der Waals surface area contributed by atoms with Crippen LogP contribution in [0.5, 0.6) is 0 Å². The Kier molecular flexibility index (Phi) is 6.49. The van der Waals surface area contributed by atoms with Crippen molar-refractivity contribution in [3.63, 3.8) is 0 Å². The lowest BCUT2D eigenvalue weighted by molar-refractivity contribution is 0.369. The van der Waals surface area contributed by atoms with Crippen LogP contribution in [0.15, 0.2) is 29.2 Å². The molecule has 114 valence electrons. The van der Waals surface area contributed by atoms with Gasteiger partial charge in [0.2, 0.25) is 10.0 Å². The van der Waals surface area contributed by atoms with E-state index in [1.165, 1.54) is 4.31 Å². The molecular weight excluding hydrogens is 272 g/mol. The van der Waals surface area contributed by atoms with E-state index in [0.29, 0.717) is 10.6 Å². The van der Waals surface area contributed by atoms with Gasteiger partial charge < -0.3 is 5.32 Å². The molecule has 1 aromatic carbocycles. The molecule has 0 spiro atoms. The summed E-state index contributed by atoms with van der Waals surface area (Å²) in [5.74, 6) is 0. The first-order chi connectivity index (χ1) is 9.45. The lowest BCUT2D eigenvalue weighted by Gasteiger charge is -2.25. The monoisotopic (exact) mass is 298 g/mol. The summed E-state index contributed by atoms with van der Waals surface area (Å²) in [4.78, 5) is 0.360. The third-order valence-corrected chi connectivity index (χ3v) is 5.47. The van der Waals surface area contributed by atoms with E-state index in [4.69, 9.17) is 0 Å². The zero-order valence-electron chi connectivity index (χ0n) is 12.9. The molecule has 0 aliphatic carbocycles. The van der Waals surface area contributed by atoms with E-state index in [1.807, 2.05) is 19.1 Å². The van der Waals surface area contributed by atoms with Gasteiger partial charge in [-0.05, 0) is 31.9 Å². The highest BCUT2D eigenvalue weighted by Crippen LogP contribution is 2.25. The van der Waals surface area contributed by atoms with Gasteiger partial charge in [-0.3, -0.25) is 0 Å². The van der Waals surface area contributed by atoms with Crippen LogP contribution < -0.4 is 5.32 Å². The molecular formula is C15H26N2O2S. The van der Waals surface area contributed by atoms with Crippen LogP contribution in [0.1, 0.15) is 40.0 Å². The minimum Gasteiger partial charge on any atom is -0.384 e. The van der Waals surface area contributed by atoms with Gasteiger partial charge in [-0.15, -0.1) is 0 Å². The summed E-state index contributed by atoms with van der Waals surface area (Å²) in [6.07, 6.45) is 2.79. The van der Waals surface area contributed by atoms with E-state index >= 15 is 0 Å². The van der Waals surface area contributed by atoms with Crippen LogP contribution in [0.4, 0.5) is 5.69 Å². The molecule has 1 rings (SSSR count). The second kappa shape index (κ2) is 7.64. The van der Waals surface area contributed by atoms with Crippen molar-refractivity contribution in [2.75, 3.05) is 18.9 Å². The summed E-state index contributed by atoms with van der Waals surface area (Å²) in [5, 5.41) is 3.19. The summed E-state index contributed by atoms with van der Waals surface area (Å²) < 4.78 is 26.9. The molecule has 20 heavy (non-hydrogen) atoms. The topological polar surface area (TPSA) is 49.4 Å². The van der Waals surface area contributed by atoms with Crippen molar-refractivity contribution < 1.29 is 8.42 Å². The van der Waals surface area contributed by atoms with Crippen LogP contribution in [0.3, 0.4) is 0 Å².